The molecule has 0 fully saturated rings. The minimum atomic E-state index is -3.98. The minimum absolute atomic E-state index is 0.0542. The number of carbonyl (C=O) groups excluding carboxylic acids is 1. The minimum Gasteiger partial charge on any atom is -0.350 e. The van der Waals surface area contributed by atoms with Crippen LogP contribution in [0.2, 0.25) is 0 Å². The predicted octanol–water partition coefficient (Wildman–Crippen LogP) is 1.37. The zero-order chi connectivity index (χ0) is 18.4. The number of amides is 1. The monoisotopic (exact) mass is 359 g/mol. The zero-order valence-corrected chi connectivity index (χ0v) is 15.1. The lowest BCUT2D eigenvalue weighted by atomic mass is 9.90. The van der Waals surface area contributed by atoms with Gasteiger partial charge in [-0.1, -0.05) is 26.0 Å². The Bertz CT molecular complexity index is 664. The molecule has 0 spiro atoms. The van der Waals surface area contributed by atoms with E-state index in [0.29, 0.717) is 5.92 Å². The summed E-state index contributed by atoms with van der Waals surface area (Å²) in [7, 11) is -3.98. The van der Waals surface area contributed by atoms with Crippen molar-refractivity contribution < 1.29 is 17.6 Å². The molecular weight excluding hydrogens is 333 g/mol. The van der Waals surface area contributed by atoms with E-state index in [1.807, 2.05) is 20.8 Å². The number of benzene rings is 1. The molecule has 1 unspecified atom stereocenters. The van der Waals surface area contributed by atoms with Gasteiger partial charge in [-0.3, -0.25) is 4.79 Å². The molecule has 0 saturated carbocycles. The highest BCUT2D eigenvalue weighted by molar-refractivity contribution is 7.89. The molecule has 1 aromatic carbocycles. The second kappa shape index (κ2) is 8.55. The Hall–Kier alpha value is -1.51. The lowest BCUT2D eigenvalue weighted by Crippen LogP contribution is -2.52. The van der Waals surface area contributed by atoms with E-state index in [4.69, 9.17) is 5.73 Å². The molecule has 24 heavy (non-hydrogen) atoms. The molecular formula is C16H26FN3O3S. The van der Waals surface area contributed by atoms with Crippen LogP contribution in [0.3, 0.4) is 0 Å². The number of sulfonamides is 1. The van der Waals surface area contributed by atoms with Crippen LogP contribution in [0.1, 0.15) is 33.6 Å². The van der Waals surface area contributed by atoms with Gasteiger partial charge in [0.15, 0.2) is 0 Å². The van der Waals surface area contributed by atoms with E-state index in [1.54, 1.807) is 0 Å². The largest absolute Gasteiger partial charge is 0.350 e. The van der Waals surface area contributed by atoms with E-state index < -0.39 is 26.3 Å². The van der Waals surface area contributed by atoms with Crippen molar-refractivity contribution in [1.82, 2.24) is 10.0 Å². The molecule has 1 amide bonds. The highest BCUT2D eigenvalue weighted by Crippen LogP contribution is 2.15. The van der Waals surface area contributed by atoms with Crippen molar-refractivity contribution in [3.8, 4) is 0 Å². The Balaban J connectivity index is 2.58. The number of nitrogens with two attached hydrogens (primary N) is 1. The maximum atomic E-state index is 13.5. The third-order valence-electron chi connectivity index (χ3n) is 3.52. The Morgan fingerprint density at radius 3 is 2.50 bits per heavy atom. The molecule has 1 atom stereocenters. The molecule has 0 heterocycles. The van der Waals surface area contributed by atoms with E-state index in [-0.39, 0.29) is 25.4 Å². The maximum absolute atomic E-state index is 13.5. The first-order valence-corrected chi connectivity index (χ1v) is 9.33. The van der Waals surface area contributed by atoms with Gasteiger partial charge in [-0.25, -0.2) is 17.5 Å². The van der Waals surface area contributed by atoms with Crippen LogP contribution in [-0.4, -0.2) is 33.0 Å². The van der Waals surface area contributed by atoms with Gasteiger partial charge in [0.2, 0.25) is 15.9 Å². The Labute approximate surface area is 143 Å². The van der Waals surface area contributed by atoms with Gasteiger partial charge in [-0.05, 0) is 31.4 Å². The molecule has 0 aliphatic rings. The molecule has 0 aliphatic carbocycles. The van der Waals surface area contributed by atoms with Crippen LogP contribution in [0.4, 0.5) is 4.39 Å². The van der Waals surface area contributed by atoms with Gasteiger partial charge in [0.25, 0.3) is 0 Å². The molecule has 0 bridgehead atoms. The van der Waals surface area contributed by atoms with E-state index >= 15 is 0 Å². The van der Waals surface area contributed by atoms with Crippen molar-refractivity contribution in [1.29, 1.82) is 0 Å². The van der Waals surface area contributed by atoms with Gasteiger partial charge in [-0.15, -0.1) is 0 Å². The third-order valence-corrected chi connectivity index (χ3v) is 5.02. The number of hydrogen-bond donors (Lipinski definition) is 3. The van der Waals surface area contributed by atoms with E-state index in [9.17, 15) is 17.6 Å². The Morgan fingerprint density at radius 1 is 1.33 bits per heavy atom. The summed E-state index contributed by atoms with van der Waals surface area (Å²) in [5, 5.41) is 2.84. The summed E-state index contributed by atoms with van der Waals surface area (Å²) in [6.07, 6.45) is 0.664. The summed E-state index contributed by atoms with van der Waals surface area (Å²) in [5.41, 5.74) is 5.19. The van der Waals surface area contributed by atoms with Crippen molar-refractivity contribution in [2.24, 2.45) is 11.7 Å². The van der Waals surface area contributed by atoms with Crippen LogP contribution in [0.5, 0.6) is 0 Å². The van der Waals surface area contributed by atoms with E-state index in [2.05, 4.69) is 10.0 Å². The van der Waals surface area contributed by atoms with Gasteiger partial charge in [0, 0.05) is 25.0 Å². The molecule has 0 saturated heterocycles. The SMILES string of the molecule is CC(C)CC(C)(CN)NC(=O)CCNS(=O)(=O)c1ccccc1F. The summed E-state index contributed by atoms with van der Waals surface area (Å²) < 4.78 is 39.8. The van der Waals surface area contributed by atoms with Crippen LogP contribution in [0.25, 0.3) is 0 Å². The highest BCUT2D eigenvalue weighted by Gasteiger charge is 2.26. The van der Waals surface area contributed by atoms with E-state index in [0.717, 1.165) is 12.5 Å². The fourth-order valence-corrected chi connectivity index (χ4v) is 3.63. The van der Waals surface area contributed by atoms with Gasteiger partial charge in [-0.2, -0.15) is 0 Å². The quantitative estimate of drug-likeness (QED) is 0.620. The third kappa shape index (κ3) is 6.18. The predicted molar refractivity (Wildman–Crippen MR) is 91.3 cm³/mol. The second-order valence-electron chi connectivity index (χ2n) is 6.49. The maximum Gasteiger partial charge on any atom is 0.243 e. The summed E-state index contributed by atoms with van der Waals surface area (Å²) in [6, 6.07) is 5.08. The second-order valence-corrected chi connectivity index (χ2v) is 8.22. The average Bonchev–Trinajstić information content (AvgIpc) is 2.46. The van der Waals surface area contributed by atoms with Crippen LogP contribution >= 0.6 is 0 Å². The molecule has 4 N–H and O–H groups in total. The zero-order valence-electron chi connectivity index (χ0n) is 14.3. The molecule has 1 aromatic rings. The van der Waals surface area contributed by atoms with Crippen molar-refractivity contribution in [3.63, 3.8) is 0 Å². The van der Waals surface area contributed by atoms with Gasteiger partial charge >= 0.3 is 0 Å². The molecule has 0 radical (unpaired) electrons. The van der Waals surface area contributed by atoms with Crippen LogP contribution in [0.15, 0.2) is 29.2 Å². The topological polar surface area (TPSA) is 101 Å². The van der Waals surface area contributed by atoms with Crippen LogP contribution in [-0.2, 0) is 14.8 Å². The number of nitrogens with one attached hydrogen (secondary N) is 2. The first-order chi connectivity index (χ1) is 11.1. The van der Waals surface area contributed by atoms with Crippen molar-refractivity contribution in [2.45, 2.75) is 44.0 Å². The molecule has 0 aromatic heterocycles. The fraction of sp³-hybridized carbons (Fsp3) is 0.562. The summed E-state index contributed by atoms with van der Waals surface area (Å²) in [5.74, 6) is -0.777. The van der Waals surface area contributed by atoms with Crippen LogP contribution < -0.4 is 15.8 Å². The average molecular weight is 359 g/mol. The smallest absolute Gasteiger partial charge is 0.243 e. The summed E-state index contributed by atoms with van der Waals surface area (Å²) in [4.78, 5) is 11.6. The van der Waals surface area contributed by atoms with Gasteiger partial charge in [0.05, 0.1) is 0 Å². The number of halogens is 1. The molecule has 0 aliphatic heterocycles. The molecule has 6 nitrogen and oxygen atoms in total. The number of carbonyl (C=O) groups is 1. The first-order valence-electron chi connectivity index (χ1n) is 7.85. The first kappa shape index (κ1) is 20.5. The lowest BCUT2D eigenvalue weighted by molar-refractivity contribution is -0.122. The Morgan fingerprint density at radius 2 is 1.96 bits per heavy atom. The summed E-state index contributed by atoms with van der Waals surface area (Å²) >= 11 is 0. The van der Waals surface area contributed by atoms with E-state index in [1.165, 1.54) is 18.2 Å². The van der Waals surface area contributed by atoms with Gasteiger partial charge in [0.1, 0.15) is 10.7 Å². The van der Waals surface area contributed by atoms with Crippen molar-refractivity contribution >= 4 is 15.9 Å². The summed E-state index contributed by atoms with van der Waals surface area (Å²) in [6.45, 7) is 6.09. The van der Waals surface area contributed by atoms with Crippen LogP contribution in [0, 0.1) is 11.7 Å². The molecule has 136 valence electrons. The normalized spacial score (nSPS) is 14.4. The fourth-order valence-electron chi connectivity index (χ4n) is 2.52. The standard InChI is InChI=1S/C16H26FN3O3S/c1-12(2)10-16(3,11-18)20-15(21)8-9-19-24(22,23)14-7-5-4-6-13(14)17/h4-7,12,19H,8-11,18H2,1-3H3,(H,20,21). The van der Waals surface area contributed by atoms with Crippen molar-refractivity contribution in [2.75, 3.05) is 13.1 Å². The Kier molecular flexibility index (Phi) is 7.31. The highest BCUT2D eigenvalue weighted by atomic mass is 32.2. The lowest BCUT2D eigenvalue weighted by Gasteiger charge is -2.31. The molecule has 8 heteroatoms. The number of hydrogen-bond acceptors (Lipinski definition) is 4. The molecule has 1 rings (SSSR count). The number of rotatable bonds is 9. The van der Waals surface area contributed by atoms with Gasteiger partial charge < -0.3 is 11.1 Å². The van der Waals surface area contributed by atoms with Crippen molar-refractivity contribution in [3.05, 3.63) is 30.1 Å².